The highest BCUT2D eigenvalue weighted by Gasteiger charge is 2.22. The van der Waals surface area contributed by atoms with E-state index in [1.165, 1.54) is 0 Å². The lowest BCUT2D eigenvalue weighted by Gasteiger charge is -2.13. The van der Waals surface area contributed by atoms with Gasteiger partial charge in [-0.25, -0.2) is 13.2 Å². The second-order valence-electron chi connectivity index (χ2n) is 5.19. The molecule has 0 saturated heterocycles. The molecule has 21 heavy (non-hydrogen) atoms. The Kier molecular flexibility index (Phi) is 3.49. The summed E-state index contributed by atoms with van der Waals surface area (Å²) in [6.45, 7) is 2.40. The van der Waals surface area contributed by atoms with Crippen LogP contribution in [0.25, 0.3) is 0 Å². The van der Waals surface area contributed by atoms with Crippen molar-refractivity contribution < 1.29 is 17.9 Å². The second-order valence-corrected chi connectivity index (χ2v) is 5.19. The van der Waals surface area contributed by atoms with Crippen LogP contribution in [0.4, 0.5) is 18.9 Å². The Morgan fingerprint density at radius 3 is 2.57 bits per heavy atom. The fourth-order valence-electron chi connectivity index (χ4n) is 2.45. The van der Waals surface area contributed by atoms with E-state index >= 15 is 0 Å². The molecule has 1 unspecified atom stereocenters. The van der Waals surface area contributed by atoms with E-state index < -0.39 is 17.5 Å². The molecule has 0 fully saturated rings. The normalized spacial score (nSPS) is 16.5. The van der Waals surface area contributed by atoms with Gasteiger partial charge in [-0.2, -0.15) is 0 Å². The highest BCUT2D eigenvalue weighted by Crippen LogP contribution is 2.29. The van der Waals surface area contributed by atoms with Gasteiger partial charge in [0.15, 0.2) is 17.5 Å². The molecule has 0 aromatic heterocycles. The maximum Gasteiger partial charge on any atom is 0.194 e. The van der Waals surface area contributed by atoms with Crippen molar-refractivity contribution in [3.8, 4) is 5.75 Å². The van der Waals surface area contributed by atoms with Gasteiger partial charge < -0.3 is 10.1 Å². The molecule has 1 aliphatic rings. The molecule has 1 aliphatic heterocycles. The van der Waals surface area contributed by atoms with Crippen LogP contribution in [0, 0.1) is 24.4 Å². The first-order valence-electron chi connectivity index (χ1n) is 6.67. The summed E-state index contributed by atoms with van der Waals surface area (Å²) in [5.74, 6) is -3.03. The molecule has 110 valence electrons. The predicted molar refractivity (Wildman–Crippen MR) is 74.1 cm³/mol. The van der Waals surface area contributed by atoms with E-state index in [9.17, 15) is 13.2 Å². The maximum atomic E-state index is 13.1. The number of rotatable bonds is 3. The number of nitrogens with one attached hydrogen (secondary N) is 1. The summed E-state index contributed by atoms with van der Waals surface area (Å²) in [5, 5.41) is 2.87. The van der Waals surface area contributed by atoms with Crippen molar-refractivity contribution in [2.45, 2.75) is 19.4 Å². The minimum atomic E-state index is -1.46. The number of ether oxygens (including phenoxy) is 1. The third-order valence-electron chi connectivity index (χ3n) is 3.47. The summed E-state index contributed by atoms with van der Waals surface area (Å²) in [6, 6.07) is 7.82. The van der Waals surface area contributed by atoms with Crippen LogP contribution < -0.4 is 10.1 Å². The minimum absolute atomic E-state index is 0.113. The Morgan fingerprint density at radius 2 is 1.86 bits per heavy atom. The topological polar surface area (TPSA) is 21.3 Å². The van der Waals surface area contributed by atoms with Crippen LogP contribution in [0.2, 0.25) is 0 Å². The summed E-state index contributed by atoms with van der Waals surface area (Å²) in [4.78, 5) is 0. The van der Waals surface area contributed by atoms with E-state index in [0.29, 0.717) is 6.54 Å². The lowest BCUT2D eigenvalue weighted by molar-refractivity contribution is 0.246. The smallest absolute Gasteiger partial charge is 0.194 e. The zero-order chi connectivity index (χ0) is 15.0. The van der Waals surface area contributed by atoms with Crippen LogP contribution >= 0.6 is 0 Å². The molecular weight excluding hydrogens is 279 g/mol. The molecular formula is C16H14F3NO. The number of hydrogen-bond acceptors (Lipinski definition) is 2. The van der Waals surface area contributed by atoms with Crippen molar-refractivity contribution >= 4 is 5.69 Å². The molecule has 5 heteroatoms. The van der Waals surface area contributed by atoms with Gasteiger partial charge in [0.2, 0.25) is 0 Å². The van der Waals surface area contributed by atoms with Gasteiger partial charge in [0.1, 0.15) is 11.9 Å². The largest absolute Gasteiger partial charge is 0.488 e. The van der Waals surface area contributed by atoms with Crippen LogP contribution in [0.5, 0.6) is 5.75 Å². The minimum Gasteiger partial charge on any atom is -0.488 e. The van der Waals surface area contributed by atoms with Crippen molar-refractivity contribution in [2.75, 3.05) is 11.9 Å². The Labute approximate surface area is 120 Å². The van der Waals surface area contributed by atoms with Gasteiger partial charge in [0.25, 0.3) is 0 Å². The number of fused-ring (bicyclic) bond motifs is 1. The van der Waals surface area contributed by atoms with E-state index in [1.54, 1.807) is 0 Å². The van der Waals surface area contributed by atoms with E-state index in [1.807, 2.05) is 19.1 Å². The first-order valence-corrected chi connectivity index (χ1v) is 6.67. The zero-order valence-electron chi connectivity index (χ0n) is 11.4. The predicted octanol–water partition coefficient (Wildman–Crippen LogP) is 3.83. The lowest BCUT2D eigenvalue weighted by atomic mass is 10.1. The highest BCUT2D eigenvalue weighted by atomic mass is 19.2. The summed E-state index contributed by atoms with van der Waals surface area (Å²) in [5.41, 5.74) is 2.48. The second kappa shape index (κ2) is 5.31. The fourth-order valence-corrected chi connectivity index (χ4v) is 2.45. The van der Waals surface area contributed by atoms with Crippen molar-refractivity contribution in [1.29, 1.82) is 0 Å². The standard InChI is InChI=1S/C16H14F3NO/c1-9-2-3-15-10(4-9)5-12(21-15)8-20-11-6-13(17)16(19)14(18)7-11/h2-4,6-7,12,20H,5,8H2,1H3. The molecule has 2 nitrogen and oxygen atoms in total. The number of anilines is 1. The average Bonchev–Trinajstić information content (AvgIpc) is 2.84. The Hall–Kier alpha value is -2.17. The zero-order valence-corrected chi connectivity index (χ0v) is 11.4. The van der Waals surface area contributed by atoms with Crippen LogP contribution in [-0.4, -0.2) is 12.6 Å². The molecule has 1 N–H and O–H groups in total. The quantitative estimate of drug-likeness (QED) is 0.868. The van der Waals surface area contributed by atoms with Crippen LogP contribution in [0.15, 0.2) is 30.3 Å². The molecule has 0 bridgehead atoms. The number of benzene rings is 2. The Morgan fingerprint density at radius 1 is 1.14 bits per heavy atom. The monoisotopic (exact) mass is 293 g/mol. The molecule has 1 heterocycles. The van der Waals surface area contributed by atoms with Gasteiger partial charge in [0.05, 0.1) is 6.54 Å². The van der Waals surface area contributed by atoms with Crippen LogP contribution in [0.1, 0.15) is 11.1 Å². The summed E-state index contributed by atoms with van der Waals surface area (Å²) in [7, 11) is 0. The number of hydrogen-bond donors (Lipinski definition) is 1. The van der Waals surface area contributed by atoms with E-state index in [4.69, 9.17) is 4.74 Å². The van der Waals surface area contributed by atoms with Gasteiger partial charge in [-0.05, 0) is 18.6 Å². The molecule has 2 aromatic carbocycles. The third-order valence-corrected chi connectivity index (χ3v) is 3.47. The Balaban J connectivity index is 1.65. The maximum absolute atomic E-state index is 13.1. The Bertz CT molecular complexity index is 664. The molecule has 0 amide bonds. The molecule has 0 aliphatic carbocycles. The SMILES string of the molecule is Cc1ccc2c(c1)CC(CNc1cc(F)c(F)c(F)c1)O2. The summed E-state index contributed by atoms with van der Waals surface area (Å²) >= 11 is 0. The van der Waals surface area contributed by atoms with Gasteiger partial charge in [-0.3, -0.25) is 0 Å². The van der Waals surface area contributed by atoms with Crippen molar-refractivity contribution in [2.24, 2.45) is 0 Å². The molecule has 0 spiro atoms. The van der Waals surface area contributed by atoms with Crippen molar-refractivity contribution in [3.63, 3.8) is 0 Å². The van der Waals surface area contributed by atoms with E-state index in [-0.39, 0.29) is 11.8 Å². The van der Waals surface area contributed by atoms with E-state index in [2.05, 4.69) is 11.4 Å². The number of aryl methyl sites for hydroxylation is 1. The fraction of sp³-hybridized carbons (Fsp3) is 0.250. The van der Waals surface area contributed by atoms with Gasteiger partial charge >= 0.3 is 0 Å². The molecule has 3 rings (SSSR count). The van der Waals surface area contributed by atoms with Gasteiger partial charge in [-0.1, -0.05) is 17.7 Å². The van der Waals surface area contributed by atoms with E-state index in [0.717, 1.165) is 35.4 Å². The lowest BCUT2D eigenvalue weighted by Crippen LogP contribution is -2.24. The first kappa shape index (κ1) is 13.8. The van der Waals surface area contributed by atoms with Gasteiger partial charge in [-0.15, -0.1) is 0 Å². The summed E-state index contributed by atoms with van der Waals surface area (Å²) in [6.07, 6.45) is 0.619. The molecule has 2 aromatic rings. The van der Waals surface area contributed by atoms with Crippen LogP contribution in [-0.2, 0) is 6.42 Å². The molecule has 0 saturated carbocycles. The first-order chi connectivity index (χ1) is 10.0. The van der Waals surface area contributed by atoms with Crippen molar-refractivity contribution in [3.05, 3.63) is 58.9 Å². The molecule has 1 atom stereocenters. The van der Waals surface area contributed by atoms with Gasteiger partial charge in [0, 0.05) is 24.2 Å². The highest BCUT2D eigenvalue weighted by molar-refractivity contribution is 5.45. The third kappa shape index (κ3) is 2.82. The molecule has 0 radical (unpaired) electrons. The summed E-state index contributed by atoms with van der Waals surface area (Å²) < 4.78 is 44.8. The van der Waals surface area contributed by atoms with Crippen molar-refractivity contribution in [1.82, 2.24) is 0 Å². The average molecular weight is 293 g/mol. The van der Waals surface area contributed by atoms with Crippen LogP contribution in [0.3, 0.4) is 0 Å². The number of halogens is 3.